The first-order chi connectivity index (χ1) is 27.0. The van der Waals surface area contributed by atoms with Gasteiger partial charge in [0.25, 0.3) is 0 Å². The lowest BCUT2D eigenvalue weighted by atomic mass is 10.0. The van der Waals surface area contributed by atoms with Gasteiger partial charge < -0.3 is 5.73 Å². The molecule has 0 aliphatic carbocycles. The highest BCUT2D eigenvalue weighted by molar-refractivity contribution is 14.1. The fourth-order valence-electron chi connectivity index (χ4n) is 7.22. The van der Waals surface area contributed by atoms with Crippen LogP contribution in [0.4, 0.5) is 14.5 Å². The summed E-state index contributed by atoms with van der Waals surface area (Å²) in [7, 11) is 3.81. The van der Waals surface area contributed by atoms with E-state index < -0.39 is 11.9 Å². The van der Waals surface area contributed by atoms with Gasteiger partial charge >= 0.3 is 0 Å². The van der Waals surface area contributed by atoms with Gasteiger partial charge in [-0.15, -0.1) is 0 Å². The number of benzene rings is 4. The highest BCUT2D eigenvalue weighted by Gasteiger charge is 2.21. The molecule has 0 aliphatic heterocycles. The first-order valence-corrected chi connectivity index (χ1v) is 18.7. The van der Waals surface area contributed by atoms with E-state index >= 15 is 0 Å². The number of nitrogens with two attached hydrogens (primary N) is 1. The monoisotopic (exact) mass is 855 g/mol. The lowest BCUT2D eigenvalue weighted by Crippen LogP contribution is -2.00. The number of fused-ring (bicyclic) bond motifs is 4. The van der Waals surface area contributed by atoms with Crippen molar-refractivity contribution in [2.45, 2.75) is 13.8 Å². The SMILES string of the molecule is Cc1c(I)ccc2c(-c3cccc4nn(C)cc34)nn(-c3ccc(F)nc3)c12.Cc1c(N)ccc2c(-c3cccc4nn(C)cc34)nn(-c3ccc(F)nc3)c12. The Hall–Kier alpha value is -6.55. The number of nitrogen functional groups attached to an aromatic ring is 1. The van der Waals surface area contributed by atoms with Crippen LogP contribution in [0.5, 0.6) is 0 Å². The fourth-order valence-corrected chi connectivity index (χ4v) is 7.66. The number of hydrogen-bond donors (Lipinski definition) is 1. The van der Waals surface area contributed by atoms with Crippen LogP contribution in [-0.2, 0) is 14.1 Å². The maximum absolute atomic E-state index is 13.4. The number of aromatic nitrogens is 10. The molecule has 0 saturated heterocycles. The van der Waals surface area contributed by atoms with Crippen LogP contribution in [-0.4, -0.2) is 49.1 Å². The van der Waals surface area contributed by atoms with Crippen LogP contribution in [0.15, 0.2) is 110 Å². The van der Waals surface area contributed by atoms with Gasteiger partial charge in [0.05, 0.1) is 45.8 Å². The Morgan fingerprint density at radius 1 is 0.554 bits per heavy atom. The molecule has 6 heterocycles. The Morgan fingerprint density at radius 2 is 1.04 bits per heavy atom. The van der Waals surface area contributed by atoms with Gasteiger partial charge in [-0.05, 0) is 108 Å². The van der Waals surface area contributed by atoms with Crippen LogP contribution in [0.3, 0.4) is 0 Å². The normalized spacial score (nSPS) is 11.6. The Kier molecular flexibility index (Phi) is 8.56. The smallest absolute Gasteiger partial charge is 0.212 e. The minimum absolute atomic E-state index is 0.508. The molecule has 10 rings (SSSR count). The van der Waals surface area contributed by atoms with Gasteiger partial charge in [0, 0.05) is 68.4 Å². The van der Waals surface area contributed by atoms with Crippen molar-refractivity contribution in [2.75, 3.05) is 5.73 Å². The van der Waals surface area contributed by atoms with Gasteiger partial charge in [-0.2, -0.15) is 29.2 Å². The molecule has 0 radical (unpaired) electrons. The Labute approximate surface area is 332 Å². The van der Waals surface area contributed by atoms with Gasteiger partial charge in [0.15, 0.2) is 0 Å². The maximum atomic E-state index is 13.4. The third-order valence-corrected chi connectivity index (χ3v) is 11.1. The van der Waals surface area contributed by atoms with E-state index in [1.807, 2.05) is 85.2 Å². The second-order valence-corrected chi connectivity index (χ2v) is 14.7. The summed E-state index contributed by atoms with van der Waals surface area (Å²) in [6.45, 7) is 4.04. The topological polar surface area (TPSA) is 123 Å². The molecule has 56 heavy (non-hydrogen) atoms. The zero-order valence-corrected chi connectivity index (χ0v) is 32.7. The fraction of sp³-hybridized carbons (Fsp3) is 0.0952. The van der Waals surface area contributed by atoms with Crippen molar-refractivity contribution < 1.29 is 8.78 Å². The summed E-state index contributed by atoms with van der Waals surface area (Å²) in [5.74, 6) is -1.04. The molecule has 2 N–H and O–H groups in total. The number of anilines is 1. The van der Waals surface area contributed by atoms with Crippen molar-refractivity contribution in [2.24, 2.45) is 14.1 Å². The number of aryl methyl sites for hydroxylation is 4. The van der Waals surface area contributed by atoms with Crippen LogP contribution in [0.2, 0.25) is 0 Å². The molecule has 276 valence electrons. The summed E-state index contributed by atoms with van der Waals surface area (Å²) in [6.07, 6.45) is 6.97. The number of hydrogen-bond acceptors (Lipinski definition) is 7. The second kappa shape index (κ2) is 13.6. The molecule has 0 unspecified atom stereocenters. The lowest BCUT2D eigenvalue weighted by Gasteiger charge is -2.07. The molecule has 11 nitrogen and oxygen atoms in total. The molecule has 0 aliphatic rings. The maximum Gasteiger partial charge on any atom is 0.212 e. The third kappa shape index (κ3) is 5.92. The predicted octanol–water partition coefficient (Wildman–Crippen LogP) is 9.03. The summed E-state index contributed by atoms with van der Waals surface area (Å²) in [5.41, 5.74) is 17.7. The van der Waals surface area contributed by atoms with Crippen LogP contribution < -0.4 is 5.73 Å². The summed E-state index contributed by atoms with van der Waals surface area (Å²) < 4.78 is 35.1. The second-order valence-electron chi connectivity index (χ2n) is 13.5. The van der Waals surface area contributed by atoms with Crippen LogP contribution in [0.1, 0.15) is 11.1 Å². The Morgan fingerprint density at radius 3 is 1.52 bits per heavy atom. The van der Waals surface area contributed by atoms with E-state index in [-0.39, 0.29) is 0 Å². The average Bonchev–Trinajstić information content (AvgIpc) is 3.97. The van der Waals surface area contributed by atoms with Gasteiger partial charge in [0.2, 0.25) is 11.9 Å². The van der Waals surface area contributed by atoms with Crippen molar-refractivity contribution in [1.82, 2.24) is 49.1 Å². The number of pyridine rings is 2. The van der Waals surface area contributed by atoms with E-state index in [4.69, 9.17) is 15.9 Å². The molecule has 0 spiro atoms. The van der Waals surface area contributed by atoms with Gasteiger partial charge in [-0.1, -0.05) is 24.3 Å². The van der Waals surface area contributed by atoms with Gasteiger partial charge in [0.1, 0.15) is 11.4 Å². The van der Waals surface area contributed by atoms with Crippen LogP contribution >= 0.6 is 22.6 Å². The minimum atomic E-state index is -0.531. The summed E-state index contributed by atoms with van der Waals surface area (Å²) >= 11 is 2.33. The minimum Gasteiger partial charge on any atom is -0.398 e. The van der Waals surface area contributed by atoms with E-state index in [1.165, 1.54) is 24.5 Å². The lowest BCUT2D eigenvalue weighted by molar-refractivity contribution is 0.582. The molecule has 0 fully saturated rings. The molecule has 0 saturated carbocycles. The van der Waals surface area contributed by atoms with E-state index in [1.54, 1.807) is 21.5 Å². The zero-order valence-electron chi connectivity index (χ0n) is 30.6. The van der Waals surface area contributed by atoms with E-state index in [0.717, 1.165) is 86.5 Å². The van der Waals surface area contributed by atoms with Crippen LogP contribution in [0, 0.1) is 29.3 Å². The largest absolute Gasteiger partial charge is 0.398 e. The molecule has 0 amide bonds. The van der Waals surface area contributed by atoms with Crippen molar-refractivity contribution in [3.63, 3.8) is 0 Å². The summed E-state index contributed by atoms with van der Waals surface area (Å²) in [6, 6.07) is 26.1. The number of halogens is 3. The quantitative estimate of drug-likeness (QED) is 0.107. The first-order valence-electron chi connectivity index (χ1n) is 17.6. The molecule has 14 heteroatoms. The molecule has 0 atom stereocenters. The van der Waals surface area contributed by atoms with Gasteiger partial charge in [-0.3, -0.25) is 9.36 Å². The number of rotatable bonds is 4. The molecule has 0 bridgehead atoms. The molecular formula is C42H32F2IN11. The Bertz CT molecular complexity index is 2910. The molecule has 6 aromatic heterocycles. The van der Waals surface area contributed by atoms with Crippen molar-refractivity contribution in [1.29, 1.82) is 0 Å². The highest BCUT2D eigenvalue weighted by atomic mass is 127. The summed E-state index contributed by atoms with van der Waals surface area (Å²) in [5, 5.41) is 22.9. The average molecular weight is 856 g/mol. The van der Waals surface area contributed by atoms with E-state index in [9.17, 15) is 8.78 Å². The van der Waals surface area contributed by atoms with Crippen molar-refractivity contribution in [3.8, 4) is 33.9 Å². The third-order valence-electron chi connectivity index (χ3n) is 9.92. The molecule has 10 aromatic rings. The van der Waals surface area contributed by atoms with Crippen LogP contribution in [0.25, 0.3) is 77.5 Å². The first kappa shape index (κ1) is 35.2. The van der Waals surface area contributed by atoms with E-state index in [2.05, 4.69) is 67.9 Å². The number of nitrogens with zero attached hydrogens (tertiary/aromatic N) is 10. The van der Waals surface area contributed by atoms with Crippen molar-refractivity contribution >= 4 is 71.9 Å². The van der Waals surface area contributed by atoms with E-state index in [0.29, 0.717) is 11.4 Å². The van der Waals surface area contributed by atoms with Crippen molar-refractivity contribution in [3.05, 3.63) is 136 Å². The standard InChI is InChI=1S/C21H15FIN5.C21H17FN6/c2*1-12-17(23)8-7-15-20(14-4-3-5-18-16(14)11-27(2)25-18)26-28(21(12)15)13-6-9-19(22)24-10-13/h3-11H,1-2H3;3-11H,23H2,1-2H3. The molecular weight excluding hydrogens is 823 g/mol. The Balaban J connectivity index is 0.000000146. The highest BCUT2D eigenvalue weighted by Crippen LogP contribution is 2.38. The zero-order chi connectivity index (χ0) is 38.8. The molecule has 4 aromatic carbocycles. The predicted molar refractivity (Wildman–Crippen MR) is 224 cm³/mol. The van der Waals surface area contributed by atoms with Gasteiger partial charge in [-0.25, -0.2) is 19.3 Å². The summed E-state index contributed by atoms with van der Waals surface area (Å²) in [4.78, 5) is 7.58.